The molecule has 1 saturated heterocycles. The Hall–Kier alpha value is -2.74. The number of pyridine rings is 1. The minimum atomic E-state index is -0.354. The third kappa shape index (κ3) is 5.44. The number of carbonyl (C=O) groups excluding carboxylic acids is 2. The Morgan fingerprint density at radius 3 is 2.70 bits per heavy atom. The van der Waals surface area contributed by atoms with Gasteiger partial charge in [-0.05, 0) is 42.0 Å². The van der Waals surface area contributed by atoms with Crippen LogP contribution in [0.1, 0.15) is 18.9 Å². The van der Waals surface area contributed by atoms with E-state index in [9.17, 15) is 9.59 Å². The number of carbonyl (C=O) groups is 2. The average molecular weight is 430 g/mol. The van der Waals surface area contributed by atoms with E-state index < -0.39 is 0 Å². The molecule has 1 fully saturated rings. The lowest BCUT2D eigenvalue weighted by Gasteiger charge is -2.17. The van der Waals surface area contributed by atoms with E-state index in [1.165, 1.54) is 0 Å². The van der Waals surface area contributed by atoms with E-state index in [4.69, 9.17) is 9.47 Å². The molecule has 1 aliphatic rings. The number of ether oxygens (including phenoxy) is 2. The number of nitrogens with one attached hydrogen (secondary N) is 1. The molecule has 0 spiro atoms. The molecule has 1 unspecified atom stereocenters. The maximum atomic E-state index is 12.6. The van der Waals surface area contributed by atoms with Crippen LogP contribution in [0.2, 0.25) is 0 Å². The first-order chi connectivity index (χ1) is 14.5. The third-order valence-electron chi connectivity index (χ3n) is 5.00. The Kier molecular flexibility index (Phi) is 7.57. The van der Waals surface area contributed by atoms with Gasteiger partial charge in [0.1, 0.15) is 0 Å². The van der Waals surface area contributed by atoms with Gasteiger partial charge in [-0.1, -0.05) is 13.0 Å². The minimum absolute atomic E-state index is 0.00319. The lowest BCUT2D eigenvalue weighted by atomic mass is 10.1. The zero-order chi connectivity index (χ0) is 21.5. The third-order valence-corrected chi connectivity index (χ3v) is 5.83. The van der Waals surface area contributed by atoms with Gasteiger partial charge in [0, 0.05) is 19.5 Å². The summed E-state index contributed by atoms with van der Waals surface area (Å²) in [5, 5.41) is 3.80. The van der Waals surface area contributed by atoms with E-state index in [0.717, 1.165) is 16.3 Å². The molecule has 2 aromatic rings. The van der Waals surface area contributed by atoms with E-state index in [2.05, 4.69) is 17.2 Å². The first-order valence-corrected chi connectivity index (χ1v) is 10.9. The first kappa shape index (κ1) is 22.0. The fourth-order valence-corrected chi connectivity index (χ4v) is 3.98. The number of hydrogen-bond acceptors (Lipinski definition) is 6. The molecular formula is C22H27N3O4S. The summed E-state index contributed by atoms with van der Waals surface area (Å²) >= 11 is 1.65. The molecule has 1 N–H and O–H groups in total. The number of methoxy groups -OCH3 is 2. The molecule has 0 radical (unpaired) electrons. The highest BCUT2D eigenvalue weighted by atomic mass is 32.2. The number of nitrogens with zero attached hydrogens (tertiary/aromatic N) is 2. The molecule has 0 aliphatic carbocycles. The van der Waals surface area contributed by atoms with Crippen molar-refractivity contribution in [2.24, 2.45) is 5.92 Å². The predicted molar refractivity (Wildman–Crippen MR) is 117 cm³/mol. The van der Waals surface area contributed by atoms with Gasteiger partial charge in [-0.25, -0.2) is 4.98 Å². The topological polar surface area (TPSA) is 80.8 Å². The van der Waals surface area contributed by atoms with Gasteiger partial charge >= 0.3 is 0 Å². The van der Waals surface area contributed by atoms with Crippen LogP contribution in [-0.2, 0) is 16.0 Å². The van der Waals surface area contributed by atoms with Crippen LogP contribution >= 0.6 is 11.8 Å². The van der Waals surface area contributed by atoms with Gasteiger partial charge in [0.25, 0.3) is 0 Å². The summed E-state index contributed by atoms with van der Waals surface area (Å²) in [6, 6.07) is 9.46. The number of amides is 2. The second-order valence-corrected chi connectivity index (χ2v) is 8.27. The maximum Gasteiger partial charge on any atom is 0.229 e. The monoisotopic (exact) mass is 429 g/mol. The van der Waals surface area contributed by atoms with Crippen molar-refractivity contribution in [1.82, 2.24) is 9.88 Å². The van der Waals surface area contributed by atoms with Crippen LogP contribution in [0.3, 0.4) is 0 Å². The highest BCUT2D eigenvalue weighted by Crippen LogP contribution is 2.28. The highest BCUT2D eigenvalue weighted by Gasteiger charge is 2.34. The molecule has 30 heavy (non-hydrogen) atoms. The Balaban J connectivity index is 1.53. The SMILES string of the molecule is CCSc1ccc(NC(=O)C2CC(=O)N(CCc3ccc(OC)c(OC)c3)C2)cn1. The second-order valence-electron chi connectivity index (χ2n) is 6.99. The van der Waals surface area contributed by atoms with Crippen molar-refractivity contribution in [3.05, 3.63) is 42.1 Å². The average Bonchev–Trinajstić information content (AvgIpc) is 3.14. The number of anilines is 1. The molecule has 1 aromatic carbocycles. The molecule has 0 bridgehead atoms. The molecule has 2 amide bonds. The van der Waals surface area contributed by atoms with E-state index in [-0.39, 0.29) is 24.2 Å². The van der Waals surface area contributed by atoms with Crippen molar-refractivity contribution in [1.29, 1.82) is 0 Å². The van der Waals surface area contributed by atoms with Gasteiger partial charge < -0.3 is 19.7 Å². The van der Waals surface area contributed by atoms with E-state index in [1.807, 2.05) is 30.3 Å². The summed E-state index contributed by atoms with van der Waals surface area (Å²) in [7, 11) is 3.20. The van der Waals surface area contributed by atoms with Crippen molar-refractivity contribution in [2.75, 3.05) is 38.4 Å². The number of rotatable bonds is 9. The van der Waals surface area contributed by atoms with Crippen LogP contribution < -0.4 is 14.8 Å². The second kappa shape index (κ2) is 10.3. The fraction of sp³-hybridized carbons (Fsp3) is 0.409. The summed E-state index contributed by atoms with van der Waals surface area (Å²) in [5.74, 6) is 1.79. The fourth-order valence-electron chi connectivity index (χ4n) is 3.40. The van der Waals surface area contributed by atoms with Crippen LogP contribution in [-0.4, -0.2) is 54.8 Å². The van der Waals surface area contributed by atoms with Crippen molar-refractivity contribution in [2.45, 2.75) is 24.8 Å². The zero-order valence-corrected chi connectivity index (χ0v) is 18.3. The van der Waals surface area contributed by atoms with Crippen molar-refractivity contribution >= 4 is 29.3 Å². The van der Waals surface area contributed by atoms with Crippen LogP contribution in [0.15, 0.2) is 41.6 Å². The molecule has 7 nitrogen and oxygen atoms in total. The lowest BCUT2D eigenvalue weighted by Crippen LogP contribution is -2.30. The van der Waals surface area contributed by atoms with Crippen LogP contribution in [0, 0.1) is 5.92 Å². The number of likely N-dealkylation sites (tertiary alicyclic amines) is 1. The van der Waals surface area contributed by atoms with E-state index in [1.54, 1.807) is 37.1 Å². The summed E-state index contributed by atoms with van der Waals surface area (Å²) in [6.45, 7) is 3.05. The molecule has 3 rings (SSSR count). The normalized spacial score (nSPS) is 15.9. The van der Waals surface area contributed by atoms with Gasteiger partial charge in [-0.2, -0.15) is 0 Å². The van der Waals surface area contributed by atoms with Crippen LogP contribution in [0.4, 0.5) is 5.69 Å². The van der Waals surface area contributed by atoms with Gasteiger partial charge in [0.15, 0.2) is 11.5 Å². The number of hydrogen-bond donors (Lipinski definition) is 1. The number of thioether (sulfide) groups is 1. The van der Waals surface area contributed by atoms with E-state index >= 15 is 0 Å². The van der Waals surface area contributed by atoms with Crippen molar-refractivity contribution in [3.63, 3.8) is 0 Å². The smallest absolute Gasteiger partial charge is 0.229 e. The van der Waals surface area contributed by atoms with Crippen LogP contribution in [0.5, 0.6) is 11.5 Å². The Labute approximate surface area is 181 Å². The van der Waals surface area contributed by atoms with Gasteiger partial charge in [-0.15, -0.1) is 11.8 Å². The van der Waals surface area contributed by atoms with Crippen molar-refractivity contribution in [3.8, 4) is 11.5 Å². The first-order valence-electron chi connectivity index (χ1n) is 9.92. The quantitative estimate of drug-likeness (QED) is 0.617. The van der Waals surface area contributed by atoms with E-state index in [0.29, 0.717) is 36.7 Å². The molecule has 1 atom stereocenters. The summed E-state index contributed by atoms with van der Waals surface area (Å²) in [5.41, 5.74) is 1.70. The summed E-state index contributed by atoms with van der Waals surface area (Å²) < 4.78 is 10.6. The number of benzene rings is 1. The Bertz CT molecular complexity index is 888. The van der Waals surface area contributed by atoms with Gasteiger partial charge in [0.05, 0.1) is 37.0 Å². The molecule has 1 aromatic heterocycles. The molecular weight excluding hydrogens is 402 g/mol. The molecule has 0 saturated carbocycles. The molecule has 8 heteroatoms. The lowest BCUT2D eigenvalue weighted by molar-refractivity contribution is -0.128. The minimum Gasteiger partial charge on any atom is -0.493 e. The summed E-state index contributed by atoms with van der Waals surface area (Å²) in [4.78, 5) is 31.0. The van der Waals surface area contributed by atoms with Crippen molar-refractivity contribution < 1.29 is 19.1 Å². The largest absolute Gasteiger partial charge is 0.493 e. The van der Waals surface area contributed by atoms with Gasteiger partial charge in [0.2, 0.25) is 11.8 Å². The Morgan fingerprint density at radius 2 is 2.03 bits per heavy atom. The number of aromatic nitrogens is 1. The predicted octanol–water partition coefficient (Wildman–Crippen LogP) is 3.24. The Morgan fingerprint density at radius 1 is 1.23 bits per heavy atom. The maximum absolute atomic E-state index is 12.6. The van der Waals surface area contributed by atoms with Crippen LogP contribution in [0.25, 0.3) is 0 Å². The standard InChI is InChI=1S/C22H27N3O4S/c1-4-30-20-8-6-17(13-23-20)24-22(27)16-12-21(26)25(14-16)10-9-15-5-7-18(28-2)19(11-15)29-3/h5-8,11,13,16H,4,9-10,12,14H2,1-3H3,(H,24,27). The van der Waals surface area contributed by atoms with Gasteiger partial charge in [-0.3, -0.25) is 9.59 Å². The zero-order valence-electron chi connectivity index (χ0n) is 17.5. The molecule has 1 aliphatic heterocycles. The highest BCUT2D eigenvalue weighted by molar-refractivity contribution is 7.99. The summed E-state index contributed by atoms with van der Waals surface area (Å²) in [6.07, 6.45) is 2.57. The molecule has 160 valence electrons. The molecule has 2 heterocycles.